The molecule has 18 heavy (non-hydrogen) atoms. The SMILES string of the molecule is CCOC(C(C)C)C(N)c1ccc(C)c(F)c1F. The van der Waals surface area contributed by atoms with Crippen LogP contribution in [0.15, 0.2) is 12.1 Å². The smallest absolute Gasteiger partial charge is 0.163 e. The molecule has 0 radical (unpaired) electrons. The van der Waals surface area contributed by atoms with Crippen molar-refractivity contribution in [1.82, 2.24) is 0 Å². The Labute approximate surface area is 107 Å². The Hall–Kier alpha value is -1.00. The average Bonchev–Trinajstić information content (AvgIpc) is 2.32. The van der Waals surface area contributed by atoms with Crippen LogP contribution in [0.25, 0.3) is 0 Å². The van der Waals surface area contributed by atoms with E-state index < -0.39 is 17.7 Å². The van der Waals surface area contributed by atoms with Gasteiger partial charge in [-0.05, 0) is 25.3 Å². The van der Waals surface area contributed by atoms with E-state index in [-0.39, 0.29) is 23.1 Å². The predicted octanol–water partition coefficient (Wildman–Crippen LogP) is 3.33. The van der Waals surface area contributed by atoms with E-state index in [9.17, 15) is 8.78 Å². The summed E-state index contributed by atoms with van der Waals surface area (Å²) in [7, 11) is 0. The first-order chi connectivity index (χ1) is 8.40. The first-order valence-electron chi connectivity index (χ1n) is 6.21. The third-order valence-corrected chi connectivity index (χ3v) is 3.03. The highest BCUT2D eigenvalue weighted by atomic mass is 19.2. The lowest BCUT2D eigenvalue weighted by Gasteiger charge is -2.27. The third kappa shape index (κ3) is 3.06. The maximum atomic E-state index is 13.9. The number of hydrogen-bond acceptors (Lipinski definition) is 2. The maximum absolute atomic E-state index is 13.9. The molecule has 2 unspecified atom stereocenters. The van der Waals surface area contributed by atoms with Crippen LogP contribution in [0.1, 0.15) is 37.9 Å². The Kier molecular flexibility index (Phi) is 5.23. The largest absolute Gasteiger partial charge is 0.376 e. The van der Waals surface area contributed by atoms with Gasteiger partial charge in [0, 0.05) is 12.2 Å². The van der Waals surface area contributed by atoms with Gasteiger partial charge < -0.3 is 10.5 Å². The number of aryl methyl sites for hydroxylation is 1. The summed E-state index contributed by atoms with van der Waals surface area (Å²) < 4.78 is 32.9. The molecule has 4 heteroatoms. The van der Waals surface area contributed by atoms with Gasteiger partial charge >= 0.3 is 0 Å². The van der Waals surface area contributed by atoms with E-state index in [0.717, 1.165) is 0 Å². The van der Waals surface area contributed by atoms with E-state index in [0.29, 0.717) is 6.61 Å². The van der Waals surface area contributed by atoms with Gasteiger partial charge in [-0.1, -0.05) is 26.0 Å². The number of ether oxygens (including phenoxy) is 1. The van der Waals surface area contributed by atoms with Gasteiger partial charge in [-0.2, -0.15) is 0 Å². The lowest BCUT2D eigenvalue weighted by Crippen LogP contribution is -2.34. The van der Waals surface area contributed by atoms with Gasteiger partial charge in [0.15, 0.2) is 11.6 Å². The lowest BCUT2D eigenvalue weighted by atomic mass is 9.93. The standard InChI is InChI=1S/C14H21F2NO/c1-5-18-14(8(2)3)13(17)10-7-6-9(4)11(15)12(10)16/h6-8,13-14H,5,17H2,1-4H3. The molecule has 0 aliphatic carbocycles. The van der Waals surface area contributed by atoms with Gasteiger partial charge in [0.25, 0.3) is 0 Å². The zero-order chi connectivity index (χ0) is 13.9. The first-order valence-corrected chi connectivity index (χ1v) is 6.21. The van der Waals surface area contributed by atoms with Crippen molar-refractivity contribution in [2.24, 2.45) is 11.7 Å². The van der Waals surface area contributed by atoms with Crippen molar-refractivity contribution in [3.63, 3.8) is 0 Å². The molecule has 102 valence electrons. The van der Waals surface area contributed by atoms with E-state index in [2.05, 4.69) is 0 Å². The van der Waals surface area contributed by atoms with Crippen LogP contribution in [0.5, 0.6) is 0 Å². The number of nitrogens with two attached hydrogens (primary N) is 1. The van der Waals surface area contributed by atoms with Crippen LogP contribution in [-0.4, -0.2) is 12.7 Å². The van der Waals surface area contributed by atoms with Gasteiger partial charge in [-0.15, -0.1) is 0 Å². The number of halogens is 2. The second kappa shape index (κ2) is 6.25. The fraction of sp³-hybridized carbons (Fsp3) is 0.571. The number of benzene rings is 1. The monoisotopic (exact) mass is 257 g/mol. The van der Waals surface area contributed by atoms with Gasteiger partial charge in [0.1, 0.15) is 0 Å². The average molecular weight is 257 g/mol. The van der Waals surface area contributed by atoms with Gasteiger partial charge in [-0.25, -0.2) is 8.78 Å². The molecule has 0 saturated heterocycles. The molecule has 2 N–H and O–H groups in total. The molecule has 0 aliphatic heterocycles. The Balaban J connectivity index is 3.09. The molecule has 1 rings (SSSR count). The minimum absolute atomic E-state index is 0.128. The fourth-order valence-corrected chi connectivity index (χ4v) is 2.00. The number of rotatable bonds is 5. The summed E-state index contributed by atoms with van der Waals surface area (Å²) >= 11 is 0. The van der Waals surface area contributed by atoms with Crippen LogP contribution in [0.4, 0.5) is 8.78 Å². The summed E-state index contributed by atoms with van der Waals surface area (Å²) in [5, 5.41) is 0. The molecular formula is C14H21F2NO. The molecule has 1 aromatic carbocycles. The van der Waals surface area contributed by atoms with Crippen LogP contribution >= 0.6 is 0 Å². The van der Waals surface area contributed by atoms with Crippen LogP contribution in [0.3, 0.4) is 0 Å². The molecule has 0 fully saturated rings. The lowest BCUT2D eigenvalue weighted by molar-refractivity contribution is 0.0113. The highest BCUT2D eigenvalue weighted by Gasteiger charge is 2.27. The van der Waals surface area contributed by atoms with Gasteiger partial charge in [0.2, 0.25) is 0 Å². The van der Waals surface area contributed by atoms with E-state index in [1.165, 1.54) is 19.1 Å². The predicted molar refractivity (Wildman–Crippen MR) is 68.3 cm³/mol. The van der Waals surface area contributed by atoms with Crippen molar-refractivity contribution in [2.45, 2.75) is 39.8 Å². The Morgan fingerprint density at radius 3 is 2.33 bits per heavy atom. The molecule has 0 heterocycles. The van der Waals surface area contributed by atoms with Crippen LogP contribution < -0.4 is 5.73 Å². The van der Waals surface area contributed by atoms with Crippen molar-refractivity contribution in [3.8, 4) is 0 Å². The summed E-state index contributed by atoms with van der Waals surface area (Å²) in [6, 6.07) is 2.41. The molecule has 0 spiro atoms. The van der Waals surface area contributed by atoms with Gasteiger partial charge in [0.05, 0.1) is 12.1 Å². The van der Waals surface area contributed by atoms with Crippen LogP contribution in [0, 0.1) is 24.5 Å². The molecule has 2 nitrogen and oxygen atoms in total. The highest BCUT2D eigenvalue weighted by molar-refractivity contribution is 5.28. The van der Waals surface area contributed by atoms with E-state index in [4.69, 9.17) is 10.5 Å². The molecule has 0 aliphatic rings. The molecule has 1 aromatic rings. The van der Waals surface area contributed by atoms with Crippen LogP contribution in [-0.2, 0) is 4.74 Å². The number of hydrogen-bond donors (Lipinski definition) is 1. The Morgan fingerprint density at radius 1 is 1.22 bits per heavy atom. The third-order valence-electron chi connectivity index (χ3n) is 3.03. The summed E-state index contributed by atoms with van der Waals surface area (Å²) in [5.41, 5.74) is 6.46. The summed E-state index contributed by atoms with van der Waals surface area (Å²) in [6.07, 6.45) is -0.327. The summed E-state index contributed by atoms with van der Waals surface area (Å²) in [5.74, 6) is -1.57. The zero-order valence-electron chi connectivity index (χ0n) is 11.3. The second-order valence-electron chi connectivity index (χ2n) is 4.79. The zero-order valence-corrected chi connectivity index (χ0v) is 11.3. The second-order valence-corrected chi connectivity index (χ2v) is 4.79. The first kappa shape index (κ1) is 15.1. The maximum Gasteiger partial charge on any atom is 0.163 e. The fourth-order valence-electron chi connectivity index (χ4n) is 2.00. The van der Waals surface area contributed by atoms with Gasteiger partial charge in [-0.3, -0.25) is 0 Å². The summed E-state index contributed by atoms with van der Waals surface area (Å²) in [4.78, 5) is 0. The molecular weight excluding hydrogens is 236 g/mol. The van der Waals surface area contributed by atoms with Crippen LogP contribution in [0.2, 0.25) is 0 Å². The topological polar surface area (TPSA) is 35.2 Å². The van der Waals surface area contributed by atoms with Crippen molar-refractivity contribution >= 4 is 0 Å². The minimum atomic E-state index is -0.868. The normalized spacial score (nSPS) is 14.9. The molecule has 2 atom stereocenters. The molecule has 0 bridgehead atoms. The van der Waals surface area contributed by atoms with E-state index in [1.807, 2.05) is 20.8 Å². The van der Waals surface area contributed by atoms with Crippen molar-refractivity contribution in [1.29, 1.82) is 0 Å². The molecule has 0 saturated carbocycles. The van der Waals surface area contributed by atoms with E-state index in [1.54, 1.807) is 0 Å². The quantitative estimate of drug-likeness (QED) is 0.878. The minimum Gasteiger partial charge on any atom is -0.376 e. The van der Waals surface area contributed by atoms with Crippen molar-refractivity contribution in [2.75, 3.05) is 6.61 Å². The van der Waals surface area contributed by atoms with E-state index >= 15 is 0 Å². The Morgan fingerprint density at radius 2 is 1.83 bits per heavy atom. The molecule has 0 aromatic heterocycles. The van der Waals surface area contributed by atoms with Crippen molar-refractivity contribution < 1.29 is 13.5 Å². The van der Waals surface area contributed by atoms with Crippen molar-refractivity contribution in [3.05, 3.63) is 34.9 Å². The Bertz CT molecular complexity index is 407. The molecule has 0 amide bonds. The summed E-state index contributed by atoms with van der Waals surface area (Å²) in [6.45, 7) is 7.77. The highest BCUT2D eigenvalue weighted by Crippen LogP contribution is 2.27.